The van der Waals surface area contributed by atoms with E-state index < -0.39 is 22.0 Å². The third-order valence-corrected chi connectivity index (χ3v) is 5.92. The fourth-order valence-electron chi connectivity index (χ4n) is 3.40. The van der Waals surface area contributed by atoms with Crippen molar-refractivity contribution >= 4 is 27.0 Å². The third-order valence-electron chi connectivity index (χ3n) is 4.67. The molecule has 0 spiro atoms. The first-order valence-electron chi connectivity index (χ1n) is 8.44. The predicted molar refractivity (Wildman–Crippen MR) is 97.1 cm³/mol. The first-order chi connectivity index (χ1) is 12.8. The summed E-state index contributed by atoms with van der Waals surface area (Å²) in [4.78, 5) is 17.2. The molecule has 1 atom stereocenters. The second kappa shape index (κ2) is 6.46. The number of hydrogen-bond donors (Lipinski definition) is 1. The van der Waals surface area contributed by atoms with Gasteiger partial charge in [-0.3, -0.25) is 9.48 Å². The van der Waals surface area contributed by atoms with Crippen LogP contribution in [0, 0.1) is 0 Å². The van der Waals surface area contributed by atoms with E-state index in [0.717, 1.165) is 11.9 Å². The monoisotopic (exact) mass is 389 g/mol. The normalized spacial score (nSPS) is 17.8. The lowest BCUT2D eigenvalue weighted by atomic mass is 10.0. The van der Waals surface area contributed by atoms with Crippen LogP contribution in [0.2, 0.25) is 0 Å². The molecular weight excluding hydrogens is 370 g/mol. The first-order valence-corrected chi connectivity index (χ1v) is 10.3. The van der Waals surface area contributed by atoms with E-state index in [9.17, 15) is 13.2 Å². The molecule has 4 rings (SSSR count). The van der Waals surface area contributed by atoms with Gasteiger partial charge in [0.2, 0.25) is 21.8 Å². The minimum atomic E-state index is -3.56. The van der Waals surface area contributed by atoms with Crippen LogP contribution in [0.5, 0.6) is 0 Å². The van der Waals surface area contributed by atoms with E-state index in [0.29, 0.717) is 29.0 Å². The van der Waals surface area contributed by atoms with Gasteiger partial charge in [-0.05, 0) is 12.1 Å². The van der Waals surface area contributed by atoms with Crippen molar-refractivity contribution in [3.05, 3.63) is 47.6 Å². The summed E-state index contributed by atoms with van der Waals surface area (Å²) >= 11 is 0. The fourth-order valence-corrected chi connectivity index (χ4v) is 4.41. The molecule has 0 fully saturated rings. The zero-order valence-electron chi connectivity index (χ0n) is 14.9. The lowest BCUT2D eigenvalue weighted by molar-refractivity contribution is -0.125. The minimum absolute atomic E-state index is 0.0667. The molecule has 0 bridgehead atoms. The highest BCUT2D eigenvalue weighted by Crippen LogP contribution is 2.31. The van der Waals surface area contributed by atoms with E-state index >= 15 is 0 Å². The smallest absolute Gasteiger partial charge is 0.243 e. The van der Waals surface area contributed by atoms with Crippen molar-refractivity contribution in [2.75, 3.05) is 12.8 Å². The number of nitrogens with one attached hydrogen (secondary N) is 1. The molecule has 0 radical (unpaired) electrons. The van der Waals surface area contributed by atoms with Crippen LogP contribution >= 0.6 is 0 Å². The zero-order chi connectivity index (χ0) is 19.2. The summed E-state index contributed by atoms with van der Waals surface area (Å²) in [7, 11) is -1.78. The molecule has 0 aliphatic carbocycles. The van der Waals surface area contributed by atoms with Crippen molar-refractivity contribution in [2.24, 2.45) is 7.05 Å². The van der Waals surface area contributed by atoms with Crippen molar-refractivity contribution in [1.82, 2.24) is 24.4 Å². The Morgan fingerprint density at radius 1 is 1.37 bits per heavy atom. The zero-order valence-corrected chi connectivity index (χ0v) is 15.7. The molecule has 142 valence electrons. The molecule has 1 amide bonds. The molecule has 1 aromatic carbocycles. The van der Waals surface area contributed by atoms with Gasteiger partial charge in [0.15, 0.2) is 5.58 Å². The molecule has 1 N–H and O–H groups in total. The van der Waals surface area contributed by atoms with E-state index in [2.05, 4.69) is 15.4 Å². The number of para-hydroxylation sites is 2. The predicted octanol–water partition coefficient (Wildman–Crippen LogP) is 0.737. The number of carbonyl (C=O) groups is 1. The summed E-state index contributed by atoms with van der Waals surface area (Å²) in [6.45, 7) is 0.295. The Kier molecular flexibility index (Phi) is 4.23. The SMILES string of the molecule is Cn1ncc2c1CCN(S(C)(=O)=O)C2C(=O)NCc1nc2ccccc2o1. The van der Waals surface area contributed by atoms with Crippen LogP contribution in [0.3, 0.4) is 0 Å². The average Bonchev–Trinajstić information content (AvgIpc) is 3.21. The van der Waals surface area contributed by atoms with Crippen LogP contribution in [0.4, 0.5) is 0 Å². The molecule has 3 aromatic rings. The Bertz CT molecular complexity index is 1080. The van der Waals surface area contributed by atoms with Crippen molar-refractivity contribution in [3.8, 4) is 0 Å². The number of hydrogen-bond acceptors (Lipinski definition) is 6. The van der Waals surface area contributed by atoms with Crippen LogP contribution in [0.15, 0.2) is 34.9 Å². The lowest BCUT2D eigenvalue weighted by Gasteiger charge is -2.32. The van der Waals surface area contributed by atoms with Gasteiger partial charge < -0.3 is 9.73 Å². The van der Waals surface area contributed by atoms with Gasteiger partial charge in [0, 0.05) is 31.3 Å². The largest absolute Gasteiger partial charge is 0.439 e. The summed E-state index contributed by atoms with van der Waals surface area (Å²) in [6.07, 6.45) is 3.17. The second-order valence-corrected chi connectivity index (χ2v) is 8.42. The molecular formula is C17H19N5O4S. The molecule has 1 unspecified atom stereocenters. The van der Waals surface area contributed by atoms with Crippen molar-refractivity contribution in [1.29, 1.82) is 0 Å². The maximum Gasteiger partial charge on any atom is 0.243 e. The van der Waals surface area contributed by atoms with Crippen molar-refractivity contribution < 1.29 is 17.6 Å². The molecule has 1 aliphatic rings. The topological polar surface area (TPSA) is 110 Å². The number of aryl methyl sites for hydroxylation is 1. The van der Waals surface area contributed by atoms with Crippen LogP contribution in [0.25, 0.3) is 11.1 Å². The van der Waals surface area contributed by atoms with Crippen LogP contribution in [-0.4, -0.2) is 46.2 Å². The molecule has 0 saturated carbocycles. The number of amides is 1. The number of carbonyl (C=O) groups excluding carboxylic acids is 1. The van der Waals surface area contributed by atoms with Crippen LogP contribution in [0.1, 0.15) is 23.2 Å². The molecule has 3 heterocycles. The number of rotatable bonds is 4. The molecule has 2 aromatic heterocycles. The minimum Gasteiger partial charge on any atom is -0.439 e. The van der Waals surface area contributed by atoms with Gasteiger partial charge in [-0.15, -0.1) is 0 Å². The average molecular weight is 389 g/mol. The summed E-state index contributed by atoms with van der Waals surface area (Å²) in [6, 6.07) is 6.34. The third kappa shape index (κ3) is 3.21. The lowest BCUT2D eigenvalue weighted by Crippen LogP contribution is -2.46. The van der Waals surface area contributed by atoms with E-state index in [1.807, 2.05) is 18.2 Å². The number of sulfonamides is 1. The molecule has 27 heavy (non-hydrogen) atoms. The summed E-state index contributed by atoms with van der Waals surface area (Å²) in [5, 5.41) is 6.92. The van der Waals surface area contributed by atoms with Gasteiger partial charge in [0.05, 0.1) is 19.0 Å². The number of aromatic nitrogens is 3. The summed E-state index contributed by atoms with van der Waals surface area (Å²) in [5.74, 6) is -0.0747. The number of oxazole rings is 1. The second-order valence-electron chi connectivity index (χ2n) is 6.49. The fraction of sp³-hybridized carbons (Fsp3) is 0.353. The quantitative estimate of drug-likeness (QED) is 0.705. The van der Waals surface area contributed by atoms with Gasteiger partial charge in [0.1, 0.15) is 11.6 Å². The Balaban J connectivity index is 1.59. The van der Waals surface area contributed by atoms with Crippen LogP contribution < -0.4 is 5.32 Å². The first kappa shape index (κ1) is 17.7. The number of nitrogens with zero attached hydrogens (tertiary/aromatic N) is 4. The summed E-state index contributed by atoms with van der Waals surface area (Å²) < 4.78 is 32.9. The van der Waals surface area contributed by atoms with Crippen LogP contribution in [-0.2, 0) is 34.8 Å². The highest BCUT2D eigenvalue weighted by atomic mass is 32.2. The highest BCUT2D eigenvalue weighted by molar-refractivity contribution is 7.88. The van der Waals surface area contributed by atoms with Gasteiger partial charge in [-0.1, -0.05) is 12.1 Å². The van der Waals surface area contributed by atoms with Gasteiger partial charge in [0.25, 0.3) is 0 Å². The van der Waals surface area contributed by atoms with E-state index in [-0.39, 0.29) is 13.1 Å². The van der Waals surface area contributed by atoms with Crippen molar-refractivity contribution in [2.45, 2.75) is 19.0 Å². The maximum absolute atomic E-state index is 12.9. The molecule has 1 aliphatic heterocycles. The van der Waals surface area contributed by atoms with E-state index in [1.54, 1.807) is 24.0 Å². The van der Waals surface area contributed by atoms with E-state index in [1.165, 1.54) is 4.31 Å². The number of fused-ring (bicyclic) bond motifs is 2. The Labute approximate surface area is 156 Å². The van der Waals surface area contributed by atoms with Gasteiger partial charge in [-0.2, -0.15) is 9.40 Å². The standard InChI is InChI=1S/C17H19N5O4S/c1-21-13-7-8-22(27(2,24)25)16(11(13)9-19-21)17(23)18-10-15-20-12-5-3-4-6-14(12)26-15/h3-6,9,16H,7-8,10H2,1-2H3,(H,18,23). The maximum atomic E-state index is 12.9. The summed E-state index contributed by atoms with van der Waals surface area (Å²) in [5.41, 5.74) is 2.79. The van der Waals surface area contributed by atoms with E-state index in [4.69, 9.17) is 4.42 Å². The molecule has 10 heteroatoms. The molecule has 9 nitrogen and oxygen atoms in total. The number of benzene rings is 1. The molecule has 0 saturated heterocycles. The van der Waals surface area contributed by atoms with Gasteiger partial charge >= 0.3 is 0 Å². The van der Waals surface area contributed by atoms with Gasteiger partial charge in [-0.25, -0.2) is 13.4 Å². The van der Waals surface area contributed by atoms with Crippen molar-refractivity contribution in [3.63, 3.8) is 0 Å². The highest BCUT2D eigenvalue weighted by Gasteiger charge is 2.39. The Hall–Kier alpha value is -2.72. The Morgan fingerprint density at radius 3 is 2.89 bits per heavy atom. The Morgan fingerprint density at radius 2 is 2.15 bits per heavy atom.